The van der Waals surface area contributed by atoms with Gasteiger partial charge in [0.15, 0.2) is 10.2 Å². The molecule has 6 unspecified atom stereocenters. The minimum atomic E-state index is -1.50. The highest BCUT2D eigenvalue weighted by atomic mass is 35.5. The molecule has 2 heterocycles. The molecule has 1 aromatic carbocycles. The van der Waals surface area contributed by atoms with Gasteiger partial charge in [-0.05, 0) is 18.9 Å². The summed E-state index contributed by atoms with van der Waals surface area (Å²) in [4.78, 5) is 26.9. The zero-order valence-corrected chi connectivity index (χ0v) is 16.9. The summed E-state index contributed by atoms with van der Waals surface area (Å²) in [6.07, 6.45) is -0.0765. The first-order valence-corrected chi connectivity index (χ1v) is 10.8. The molecule has 2 aliphatic rings. The number of esters is 1. The fourth-order valence-corrected chi connectivity index (χ4v) is 5.95. The minimum absolute atomic E-state index is 0.0612. The maximum atomic E-state index is 12.8. The second-order valence-corrected chi connectivity index (χ2v) is 10.0. The molecule has 2 aliphatic heterocycles. The first kappa shape index (κ1) is 20.3. The third kappa shape index (κ3) is 3.65. The fraction of sp³-hybridized carbons (Fsp3) is 0.579. The number of alkyl halides is 1. The number of hydrogen-bond acceptors (Lipinski definition) is 5. The van der Waals surface area contributed by atoms with Crippen molar-refractivity contribution in [1.82, 2.24) is 4.90 Å². The van der Waals surface area contributed by atoms with Gasteiger partial charge in [-0.15, -0.1) is 11.6 Å². The van der Waals surface area contributed by atoms with Crippen molar-refractivity contribution in [1.29, 1.82) is 0 Å². The summed E-state index contributed by atoms with van der Waals surface area (Å²) >= 11 is 6.70. The third-order valence-corrected chi connectivity index (χ3v) is 7.80. The number of rotatable bonds is 7. The number of benzene rings is 1. The second kappa shape index (κ2) is 7.89. The Morgan fingerprint density at radius 2 is 2.11 bits per heavy atom. The largest absolute Gasteiger partial charge is 0.459 e. The number of hydrogen-bond donors (Lipinski definition) is 1. The Labute approximate surface area is 166 Å². The van der Waals surface area contributed by atoms with Crippen LogP contribution in [0.4, 0.5) is 0 Å². The maximum absolute atomic E-state index is 12.8. The smallest absolute Gasteiger partial charge is 0.332 e. The van der Waals surface area contributed by atoms with Crippen LogP contribution in [-0.4, -0.2) is 54.2 Å². The van der Waals surface area contributed by atoms with Gasteiger partial charge in [-0.3, -0.25) is 9.00 Å². The van der Waals surface area contributed by atoms with Gasteiger partial charge in [0.1, 0.15) is 6.61 Å². The van der Waals surface area contributed by atoms with Crippen LogP contribution in [0.25, 0.3) is 0 Å². The maximum Gasteiger partial charge on any atom is 0.332 e. The molecule has 0 saturated carbocycles. The van der Waals surface area contributed by atoms with Crippen molar-refractivity contribution >= 4 is 34.3 Å². The molecule has 6 atom stereocenters. The molecule has 1 N–H and O–H groups in total. The van der Waals surface area contributed by atoms with Gasteiger partial charge >= 0.3 is 5.97 Å². The van der Waals surface area contributed by atoms with E-state index in [1.165, 1.54) is 4.90 Å². The van der Waals surface area contributed by atoms with Gasteiger partial charge in [0.05, 0.1) is 12.0 Å². The lowest BCUT2D eigenvalue weighted by Gasteiger charge is -2.45. The van der Waals surface area contributed by atoms with Crippen molar-refractivity contribution < 1.29 is 23.6 Å². The van der Waals surface area contributed by atoms with Crippen molar-refractivity contribution in [3.63, 3.8) is 0 Å². The topological polar surface area (TPSA) is 83.9 Å². The number of fused-ring (bicyclic) bond motifs is 1. The Bertz CT molecular complexity index is 743. The Balaban J connectivity index is 1.80. The zero-order valence-electron chi connectivity index (χ0n) is 15.3. The third-order valence-electron chi connectivity index (χ3n) is 5.25. The monoisotopic (exact) mass is 413 g/mol. The van der Waals surface area contributed by atoms with E-state index < -0.39 is 39.0 Å². The highest BCUT2D eigenvalue weighted by molar-refractivity contribution is 7.88. The van der Waals surface area contributed by atoms with E-state index in [1.807, 2.05) is 30.3 Å². The van der Waals surface area contributed by atoms with Crippen LogP contribution in [0.1, 0.15) is 32.3 Å². The van der Waals surface area contributed by atoms with E-state index in [1.54, 1.807) is 13.8 Å². The zero-order chi connectivity index (χ0) is 19.8. The molecule has 1 aromatic rings. The van der Waals surface area contributed by atoms with Crippen molar-refractivity contribution in [2.75, 3.05) is 5.75 Å². The lowest BCUT2D eigenvalue weighted by Crippen LogP contribution is -2.63. The molecule has 148 valence electrons. The summed E-state index contributed by atoms with van der Waals surface area (Å²) < 4.78 is 16.7. The first-order valence-electron chi connectivity index (χ1n) is 9.07. The van der Waals surface area contributed by atoms with Crippen LogP contribution in [0.3, 0.4) is 0 Å². The minimum Gasteiger partial charge on any atom is -0.459 e. The lowest BCUT2D eigenvalue weighted by atomic mass is 9.84. The van der Waals surface area contributed by atoms with Crippen molar-refractivity contribution in [3.05, 3.63) is 35.9 Å². The van der Waals surface area contributed by atoms with Gasteiger partial charge in [0.2, 0.25) is 5.91 Å². The molecular formula is C19H24ClNO5S. The normalized spacial score (nSPS) is 31.8. The average Bonchev–Trinajstić information content (AvgIpc) is 2.95. The molecule has 27 heavy (non-hydrogen) atoms. The van der Waals surface area contributed by atoms with E-state index >= 15 is 0 Å². The van der Waals surface area contributed by atoms with Crippen molar-refractivity contribution in [3.8, 4) is 0 Å². The van der Waals surface area contributed by atoms with Gasteiger partial charge in [0.25, 0.3) is 0 Å². The average molecular weight is 414 g/mol. The van der Waals surface area contributed by atoms with Gasteiger partial charge in [-0.1, -0.05) is 37.3 Å². The van der Waals surface area contributed by atoms with Crippen LogP contribution in [0.2, 0.25) is 0 Å². The summed E-state index contributed by atoms with van der Waals surface area (Å²) in [6.45, 7) is 3.41. The molecule has 0 spiro atoms. The van der Waals surface area contributed by atoms with Crippen molar-refractivity contribution in [2.45, 2.75) is 55.7 Å². The predicted molar refractivity (Wildman–Crippen MR) is 102 cm³/mol. The van der Waals surface area contributed by atoms with E-state index in [4.69, 9.17) is 16.3 Å². The SMILES string of the molecule is CCS(=O)C1(Cl)CC2C(CC(C)O)C(=O)N2C1C(=O)OCc1ccccc1. The second-order valence-electron chi connectivity index (χ2n) is 7.12. The highest BCUT2D eigenvalue weighted by Crippen LogP contribution is 2.51. The Hall–Kier alpha value is -1.44. The highest BCUT2D eigenvalue weighted by Gasteiger charge is 2.67. The molecule has 2 fully saturated rings. The number of aliphatic hydroxyl groups is 1. The predicted octanol–water partition coefficient (Wildman–Crippen LogP) is 1.80. The number of ether oxygens (including phenoxy) is 1. The quantitative estimate of drug-likeness (QED) is 0.418. The van der Waals surface area contributed by atoms with Crippen LogP contribution in [0.5, 0.6) is 0 Å². The number of carbonyl (C=O) groups is 2. The van der Waals surface area contributed by atoms with Gasteiger partial charge < -0.3 is 14.7 Å². The van der Waals surface area contributed by atoms with Crippen LogP contribution in [0.15, 0.2) is 30.3 Å². The number of nitrogens with zero attached hydrogens (tertiary/aromatic N) is 1. The van der Waals surface area contributed by atoms with Gasteiger partial charge in [0, 0.05) is 29.0 Å². The Morgan fingerprint density at radius 3 is 2.70 bits per heavy atom. The molecule has 1 amide bonds. The van der Waals surface area contributed by atoms with Crippen LogP contribution in [-0.2, 0) is 31.7 Å². The number of carbonyl (C=O) groups excluding carboxylic acids is 2. The molecular weight excluding hydrogens is 390 g/mol. The van der Waals surface area contributed by atoms with E-state index in [2.05, 4.69) is 0 Å². The fourth-order valence-electron chi connectivity index (χ4n) is 3.98. The van der Waals surface area contributed by atoms with E-state index in [0.29, 0.717) is 6.42 Å². The summed E-state index contributed by atoms with van der Waals surface area (Å²) in [5, 5.41) is 9.64. The first-order chi connectivity index (χ1) is 12.8. The summed E-state index contributed by atoms with van der Waals surface area (Å²) in [6, 6.07) is 7.83. The molecule has 3 rings (SSSR count). The Morgan fingerprint density at radius 1 is 1.44 bits per heavy atom. The number of β-lactam (4-membered cyclic amide) rings is 1. The Kier molecular flexibility index (Phi) is 5.93. The van der Waals surface area contributed by atoms with E-state index in [-0.39, 0.29) is 30.7 Å². The standard InChI is InChI=1S/C19H24ClNO5S/c1-3-27(25)19(20)10-15-14(9-12(2)22)17(23)21(15)16(19)18(24)26-11-13-7-5-4-6-8-13/h4-8,12,14-16,22H,3,9-11H2,1-2H3. The van der Waals surface area contributed by atoms with Crippen molar-refractivity contribution in [2.24, 2.45) is 5.92 Å². The molecule has 0 aliphatic carbocycles. The van der Waals surface area contributed by atoms with Crippen LogP contribution < -0.4 is 0 Å². The molecule has 0 bridgehead atoms. The van der Waals surface area contributed by atoms with E-state index in [0.717, 1.165) is 5.56 Å². The number of amides is 1. The molecule has 2 saturated heterocycles. The molecule has 0 radical (unpaired) electrons. The van der Waals surface area contributed by atoms with E-state index in [9.17, 15) is 18.9 Å². The molecule has 6 nitrogen and oxygen atoms in total. The number of halogens is 1. The number of aliphatic hydroxyl groups excluding tert-OH is 1. The van der Waals surface area contributed by atoms with Crippen LogP contribution >= 0.6 is 11.6 Å². The van der Waals surface area contributed by atoms with Crippen LogP contribution in [0, 0.1) is 5.92 Å². The van der Waals surface area contributed by atoms with Gasteiger partial charge in [-0.2, -0.15) is 0 Å². The lowest BCUT2D eigenvalue weighted by molar-refractivity contribution is -0.168. The summed E-state index contributed by atoms with van der Waals surface area (Å²) in [5.74, 6) is -0.994. The van der Waals surface area contributed by atoms with Gasteiger partial charge in [-0.25, -0.2) is 4.79 Å². The molecule has 0 aromatic heterocycles. The summed E-state index contributed by atoms with van der Waals surface area (Å²) in [7, 11) is -1.50. The molecule has 8 heteroatoms. The summed E-state index contributed by atoms with van der Waals surface area (Å²) in [5.41, 5.74) is 0.819.